The van der Waals surface area contributed by atoms with Crippen LogP contribution >= 0.6 is 0 Å². The van der Waals surface area contributed by atoms with E-state index in [2.05, 4.69) is 6.92 Å². The summed E-state index contributed by atoms with van der Waals surface area (Å²) in [6.45, 7) is 5.83. The standard InChI is InChI=1S/C18H22O3/c1-4-11-8-7-9-12(10-11)15-13(5-2)16(19)14(6-3)17(20)18(15)21/h7-10,19-21H,4-6H2,1-3H3. The van der Waals surface area contributed by atoms with Crippen molar-refractivity contribution < 1.29 is 15.3 Å². The van der Waals surface area contributed by atoms with Crippen LogP contribution < -0.4 is 0 Å². The highest BCUT2D eigenvalue weighted by Crippen LogP contribution is 2.47. The van der Waals surface area contributed by atoms with Crippen molar-refractivity contribution in [3.05, 3.63) is 41.0 Å². The van der Waals surface area contributed by atoms with E-state index in [1.165, 1.54) is 0 Å². The van der Waals surface area contributed by atoms with Gasteiger partial charge in [0.2, 0.25) is 0 Å². The molecule has 0 aromatic heterocycles. The third-order valence-corrected chi connectivity index (χ3v) is 3.95. The molecule has 3 N–H and O–H groups in total. The zero-order valence-corrected chi connectivity index (χ0v) is 12.8. The van der Waals surface area contributed by atoms with Crippen molar-refractivity contribution in [3.8, 4) is 28.4 Å². The molecule has 2 aromatic carbocycles. The Bertz CT molecular complexity index is 660. The van der Waals surface area contributed by atoms with Crippen LogP contribution in [0.3, 0.4) is 0 Å². The maximum atomic E-state index is 10.4. The molecule has 0 heterocycles. The second kappa shape index (κ2) is 6.08. The molecule has 0 amide bonds. The van der Waals surface area contributed by atoms with Gasteiger partial charge >= 0.3 is 0 Å². The highest BCUT2D eigenvalue weighted by Gasteiger charge is 2.22. The van der Waals surface area contributed by atoms with Gasteiger partial charge in [-0.05, 0) is 30.4 Å². The summed E-state index contributed by atoms with van der Waals surface area (Å²) in [5.74, 6) is -0.272. The van der Waals surface area contributed by atoms with Crippen molar-refractivity contribution >= 4 is 0 Å². The van der Waals surface area contributed by atoms with E-state index in [9.17, 15) is 15.3 Å². The topological polar surface area (TPSA) is 60.7 Å². The molecular weight excluding hydrogens is 264 g/mol. The Morgan fingerprint density at radius 1 is 0.762 bits per heavy atom. The van der Waals surface area contributed by atoms with Gasteiger partial charge in [-0.3, -0.25) is 0 Å². The average Bonchev–Trinajstić information content (AvgIpc) is 2.51. The molecule has 0 atom stereocenters. The number of aryl methyl sites for hydroxylation is 1. The smallest absolute Gasteiger partial charge is 0.166 e. The minimum absolute atomic E-state index is 0.0900. The van der Waals surface area contributed by atoms with Gasteiger partial charge in [0.1, 0.15) is 5.75 Å². The van der Waals surface area contributed by atoms with Gasteiger partial charge in [-0.2, -0.15) is 0 Å². The number of benzene rings is 2. The van der Waals surface area contributed by atoms with E-state index in [0.29, 0.717) is 29.5 Å². The molecule has 0 saturated carbocycles. The maximum Gasteiger partial charge on any atom is 0.166 e. The van der Waals surface area contributed by atoms with Crippen LogP contribution in [0.2, 0.25) is 0 Å². The molecular formula is C18H22O3. The lowest BCUT2D eigenvalue weighted by Crippen LogP contribution is -1.96. The lowest BCUT2D eigenvalue weighted by atomic mass is 9.91. The van der Waals surface area contributed by atoms with E-state index in [0.717, 1.165) is 17.5 Å². The summed E-state index contributed by atoms with van der Waals surface area (Å²) in [4.78, 5) is 0. The molecule has 2 aromatic rings. The molecule has 3 nitrogen and oxygen atoms in total. The van der Waals surface area contributed by atoms with Crippen LogP contribution in [-0.2, 0) is 19.3 Å². The predicted molar refractivity (Wildman–Crippen MR) is 85.0 cm³/mol. The third-order valence-electron chi connectivity index (χ3n) is 3.95. The number of rotatable bonds is 4. The first-order valence-electron chi connectivity index (χ1n) is 7.42. The number of phenols is 3. The Balaban J connectivity index is 2.78. The Labute approximate surface area is 125 Å². The molecule has 0 saturated heterocycles. The van der Waals surface area contributed by atoms with Crippen LogP contribution in [0.15, 0.2) is 24.3 Å². The zero-order valence-electron chi connectivity index (χ0n) is 12.8. The van der Waals surface area contributed by atoms with Gasteiger partial charge in [-0.1, -0.05) is 45.0 Å². The van der Waals surface area contributed by atoms with Gasteiger partial charge in [0.15, 0.2) is 11.5 Å². The van der Waals surface area contributed by atoms with Crippen LogP contribution in [0.1, 0.15) is 37.5 Å². The Kier molecular flexibility index (Phi) is 4.41. The van der Waals surface area contributed by atoms with Crippen molar-refractivity contribution in [2.75, 3.05) is 0 Å². The molecule has 3 heteroatoms. The van der Waals surface area contributed by atoms with Crippen molar-refractivity contribution in [1.29, 1.82) is 0 Å². The Hall–Kier alpha value is -2.16. The summed E-state index contributed by atoms with van der Waals surface area (Å²) in [7, 11) is 0. The minimum Gasteiger partial charge on any atom is -0.507 e. The number of phenolic OH excluding ortho intramolecular Hbond substituents is 3. The number of hydrogen-bond donors (Lipinski definition) is 3. The predicted octanol–water partition coefficient (Wildman–Crippen LogP) is 4.16. The first-order valence-corrected chi connectivity index (χ1v) is 7.42. The van der Waals surface area contributed by atoms with Crippen LogP contribution in [0.4, 0.5) is 0 Å². The van der Waals surface area contributed by atoms with E-state index >= 15 is 0 Å². The van der Waals surface area contributed by atoms with Crippen LogP contribution in [0.5, 0.6) is 17.2 Å². The van der Waals surface area contributed by atoms with Gasteiger partial charge in [0, 0.05) is 16.7 Å². The molecule has 0 unspecified atom stereocenters. The van der Waals surface area contributed by atoms with E-state index in [1.54, 1.807) is 0 Å². The lowest BCUT2D eigenvalue weighted by Gasteiger charge is -2.18. The van der Waals surface area contributed by atoms with E-state index in [4.69, 9.17) is 0 Å². The summed E-state index contributed by atoms with van der Waals surface area (Å²) >= 11 is 0. The first kappa shape index (κ1) is 15.2. The zero-order chi connectivity index (χ0) is 15.6. The minimum atomic E-state index is -0.218. The molecule has 0 fully saturated rings. The normalized spacial score (nSPS) is 10.8. The Morgan fingerprint density at radius 2 is 1.43 bits per heavy atom. The lowest BCUT2D eigenvalue weighted by molar-refractivity contribution is 0.389. The summed E-state index contributed by atoms with van der Waals surface area (Å²) < 4.78 is 0. The van der Waals surface area contributed by atoms with Crippen LogP contribution in [0, 0.1) is 0 Å². The quantitative estimate of drug-likeness (QED) is 0.584. The van der Waals surface area contributed by atoms with Gasteiger partial charge in [-0.15, -0.1) is 0 Å². The second-order valence-corrected chi connectivity index (χ2v) is 5.14. The highest BCUT2D eigenvalue weighted by molar-refractivity contribution is 5.81. The number of hydrogen-bond acceptors (Lipinski definition) is 3. The number of aromatic hydroxyl groups is 3. The molecule has 112 valence electrons. The van der Waals surface area contributed by atoms with E-state index in [1.807, 2.05) is 38.1 Å². The average molecular weight is 286 g/mol. The molecule has 0 aliphatic carbocycles. The molecule has 2 rings (SSSR count). The summed E-state index contributed by atoms with van der Waals surface area (Å²) in [5.41, 5.74) is 3.57. The van der Waals surface area contributed by atoms with Crippen LogP contribution in [-0.4, -0.2) is 15.3 Å². The fraction of sp³-hybridized carbons (Fsp3) is 0.333. The first-order chi connectivity index (χ1) is 10.0. The molecule has 0 radical (unpaired) electrons. The largest absolute Gasteiger partial charge is 0.507 e. The van der Waals surface area contributed by atoms with Crippen molar-refractivity contribution in [2.24, 2.45) is 0 Å². The fourth-order valence-electron chi connectivity index (χ4n) is 2.75. The van der Waals surface area contributed by atoms with Gasteiger partial charge in [-0.25, -0.2) is 0 Å². The van der Waals surface area contributed by atoms with Gasteiger partial charge in [0.05, 0.1) is 0 Å². The highest BCUT2D eigenvalue weighted by atomic mass is 16.3. The van der Waals surface area contributed by atoms with Gasteiger partial charge < -0.3 is 15.3 Å². The third kappa shape index (κ3) is 2.56. The van der Waals surface area contributed by atoms with Crippen molar-refractivity contribution in [1.82, 2.24) is 0 Å². The molecule has 0 spiro atoms. The van der Waals surface area contributed by atoms with E-state index in [-0.39, 0.29) is 17.2 Å². The van der Waals surface area contributed by atoms with Gasteiger partial charge in [0.25, 0.3) is 0 Å². The maximum absolute atomic E-state index is 10.4. The molecule has 0 bridgehead atoms. The summed E-state index contributed by atoms with van der Waals surface area (Å²) in [6, 6.07) is 7.82. The molecule has 0 aliphatic heterocycles. The summed E-state index contributed by atoms with van der Waals surface area (Å²) in [5, 5.41) is 31.0. The molecule has 0 aliphatic rings. The van der Waals surface area contributed by atoms with Crippen molar-refractivity contribution in [2.45, 2.75) is 40.0 Å². The Morgan fingerprint density at radius 3 is 2.00 bits per heavy atom. The SMILES string of the molecule is CCc1cccc(-c2c(O)c(O)c(CC)c(O)c2CC)c1. The fourth-order valence-corrected chi connectivity index (χ4v) is 2.75. The molecule has 21 heavy (non-hydrogen) atoms. The summed E-state index contributed by atoms with van der Waals surface area (Å²) in [6.07, 6.45) is 1.94. The van der Waals surface area contributed by atoms with Crippen molar-refractivity contribution in [3.63, 3.8) is 0 Å². The van der Waals surface area contributed by atoms with Crippen LogP contribution in [0.25, 0.3) is 11.1 Å². The second-order valence-electron chi connectivity index (χ2n) is 5.14. The monoisotopic (exact) mass is 286 g/mol. The van der Waals surface area contributed by atoms with E-state index < -0.39 is 0 Å².